The van der Waals surface area contributed by atoms with Gasteiger partial charge in [-0.2, -0.15) is 0 Å². The van der Waals surface area contributed by atoms with Crippen LogP contribution in [-0.4, -0.2) is 175 Å². The Balaban J connectivity index is 0.00000102. The molecule has 0 aliphatic carbocycles. The van der Waals surface area contributed by atoms with Crippen molar-refractivity contribution in [1.82, 2.24) is 34.6 Å². The van der Waals surface area contributed by atoms with E-state index in [4.69, 9.17) is 14.2 Å². The highest BCUT2D eigenvalue weighted by molar-refractivity contribution is 7.99. The number of unbranched alkanes of at least 4 members (excludes halogenated alkanes) is 4. The van der Waals surface area contributed by atoms with E-state index < -0.39 is 9.52 Å². The van der Waals surface area contributed by atoms with Gasteiger partial charge < -0.3 is 33.8 Å². The number of rotatable bonds is 31. The molecule has 0 bridgehead atoms. The van der Waals surface area contributed by atoms with Crippen molar-refractivity contribution in [2.24, 2.45) is 38.9 Å². The average molecular weight is 1180 g/mol. The highest BCUT2D eigenvalue weighted by Gasteiger charge is 2.21. The van der Waals surface area contributed by atoms with Crippen molar-refractivity contribution in [1.29, 1.82) is 0 Å². The van der Waals surface area contributed by atoms with Gasteiger partial charge in [-0.25, -0.2) is 4.68 Å². The summed E-state index contributed by atoms with van der Waals surface area (Å²) < 4.78 is 29.3. The van der Waals surface area contributed by atoms with Crippen molar-refractivity contribution in [2.75, 3.05) is 130 Å². The maximum atomic E-state index is 11.3. The van der Waals surface area contributed by atoms with Gasteiger partial charge in [0.25, 0.3) is 0 Å². The Labute approximate surface area is 513 Å². The summed E-state index contributed by atoms with van der Waals surface area (Å²) in [6.45, 7) is 63.8. The molecule has 12 heteroatoms. The van der Waals surface area contributed by atoms with Gasteiger partial charge in [0.15, 0.2) is 0 Å². The van der Waals surface area contributed by atoms with Crippen LogP contribution in [0.1, 0.15) is 259 Å². The number of nitrogens with zero attached hydrogens (tertiary/aromatic N) is 7. The van der Waals surface area contributed by atoms with Gasteiger partial charge in [-0.3, -0.25) is 4.21 Å². The molecule has 1 unspecified atom stereocenters. The van der Waals surface area contributed by atoms with Gasteiger partial charge in [-0.1, -0.05) is 182 Å². The molecule has 3 aliphatic heterocycles. The van der Waals surface area contributed by atoms with Crippen molar-refractivity contribution < 1.29 is 18.4 Å². The largest absolute Gasteiger partial charge is 0.381 e. The first-order valence-corrected chi connectivity index (χ1v) is 36.4. The number of piperazine rings is 1. The van der Waals surface area contributed by atoms with Crippen molar-refractivity contribution in [2.45, 2.75) is 267 Å². The smallest absolute Gasteiger partial charge is 0.0832 e. The molecule has 3 saturated heterocycles. The maximum Gasteiger partial charge on any atom is 0.0832 e. The Morgan fingerprint density at radius 3 is 1.35 bits per heavy atom. The zero-order valence-electron chi connectivity index (χ0n) is 58.9. The summed E-state index contributed by atoms with van der Waals surface area (Å²) in [4.78, 5) is 10.6. The van der Waals surface area contributed by atoms with Crippen molar-refractivity contribution in [3.8, 4) is 0 Å². The number of hydrogen-bond acceptors (Lipinski definition) is 10. The van der Waals surface area contributed by atoms with E-state index in [1.54, 1.807) is 10.9 Å². The second-order valence-electron chi connectivity index (χ2n) is 31.2. The van der Waals surface area contributed by atoms with Crippen LogP contribution in [0.25, 0.3) is 0 Å². The lowest BCUT2D eigenvalue weighted by Gasteiger charge is -2.35. The van der Waals surface area contributed by atoms with E-state index in [1.165, 1.54) is 188 Å². The number of aromatic nitrogens is 3. The van der Waals surface area contributed by atoms with Crippen LogP contribution in [0.5, 0.6) is 0 Å². The fraction of sp³-hybridized carbons (Fsp3) is 0.957. The molecular weight excluding hydrogens is 1030 g/mol. The Hall–Kier alpha value is -1.12. The Bertz CT molecular complexity index is 1700. The molecular formula is C70H145N7O4S. The first-order chi connectivity index (χ1) is 38.2. The molecule has 3 aliphatic rings. The predicted octanol–water partition coefficient (Wildman–Crippen LogP) is 16.4. The van der Waals surface area contributed by atoms with Gasteiger partial charge >= 0.3 is 0 Å². The molecule has 0 spiro atoms. The van der Waals surface area contributed by atoms with E-state index in [0.29, 0.717) is 60.4 Å². The van der Waals surface area contributed by atoms with Crippen LogP contribution in [0.15, 0.2) is 6.20 Å². The third kappa shape index (κ3) is 54.3. The quantitative estimate of drug-likeness (QED) is 0.0529. The molecule has 1 aromatic rings. The highest BCUT2D eigenvalue weighted by Crippen LogP contribution is 2.26. The van der Waals surface area contributed by atoms with Gasteiger partial charge in [0.2, 0.25) is 0 Å². The zero-order valence-corrected chi connectivity index (χ0v) is 59.7. The van der Waals surface area contributed by atoms with Gasteiger partial charge in [-0.05, 0) is 190 Å². The summed E-state index contributed by atoms with van der Waals surface area (Å²) in [5, 5.41) is 8.25. The minimum absolute atomic E-state index is 0.213. The maximum absolute atomic E-state index is 11.3. The first kappa shape index (κ1) is 80.9. The molecule has 0 amide bonds. The SMILES string of the molecule is C=S(C)(=O)CCOCCOCCn1cc(CC(C)(C)C)nn1.CCC1CCN(CCCCCC(C)(C)C)CC1.CCCC1CCN(CCCCCC(C)(C)C)CC1.CCCN1CCN(CCC(C)(C)C)CC1.CCCOCCC(C)(C)C. The molecule has 1 aromatic heterocycles. The molecule has 11 nitrogen and oxygen atoms in total. The summed E-state index contributed by atoms with van der Waals surface area (Å²) in [6, 6.07) is 0. The number of likely N-dealkylation sites (tertiary alicyclic amines) is 2. The van der Waals surface area contributed by atoms with Gasteiger partial charge in [0.05, 0.1) is 38.7 Å². The van der Waals surface area contributed by atoms with E-state index in [0.717, 1.165) is 50.0 Å². The second kappa shape index (κ2) is 45.2. The third-order valence-corrected chi connectivity index (χ3v) is 16.8. The molecule has 0 radical (unpaired) electrons. The normalized spacial score (nSPS) is 17.6. The number of ether oxygens (including phenoxy) is 3. The average Bonchev–Trinajstić information content (AvgIpc) is 3.82. The lowest BCUT2D eigenvalue weighted by atomic mass is 9.89. The molecule has 490 valence electrons. The Kier molecular flexibility index (Phi) is 44.6. The summed E-state index contributed by atoms with van der Waals surface area (Å²) in [7, 11) is -1.95. The molecule has 3 fully saturated rings. The van der Waals surface area contributed by atoms with Gasteiger partial charge in [0, 0.05) is 57.6 Å². The van der Waals surface area contributed by atoms with E-state index in [-0.39, 0.29) is 5.41 Å². The zero-order chi connectivity index (χ0) is 62.1. The lowest BCUT2D eigenvalue weighted by molar-refractivity contribution is 0.0494. The molecule has 0 N–H and O–H groups in total. The molecule has 0 aromatic carbocycles. The monoisotopic (exact) mass is 1180 g/mol. The third-order valence-electron chi connectivity index (χ3n) is 15.8. The molecule has 1 atom stereocenters. The fourth-order valence-electron chi connectivity index (χ4n) is 10.3. The Morgan fingerprint density at radius 1 is 0.476 bits per heavy atom. The first-order valence-electron chi connectivity index (χ1n) is 34.1. The van der Waals surface area contributed by atoms with Crippen molar-refractivity contribution in [3.63, 3.8) is 0 Å². The highest BCUT2D eigenvalue weighted by atomic mass is 32.2. The van der Waals surface area contributed by atoms with Crippen LogP contribution in [0, 0.1) is 38.9 Å². The van der Waals surface area contributed by atoms with Crippen LogP contribution in [0.3, 0.4) is 0 Å². The summed E-state index contributed by atoms with van der Waals surface area (Å²) in [5.74, 6) is 6.12. The van der Waals surface area contributed by atoms with Crippen LogP contribution in [0.2, 0.25) is 0 Å². The predicted molar refractivity (Wildman–Crippen MR) is 363 cm³/mol. The number of piperidine rings is 2. The minimum Gasteiger partial charge on any atom is -0.381 e. The van der Waals surface area contributed by atoms with Crippen LogP contribution >= 0.6 is 0 Å². The molecule has 82 heavy (non-hydrogen) atoms. The van der Waals surface area contributed by atoms with Crippen LogP contribution in [0.4, 0.5) is 0 Å². The Morgan fingerprint density at radius 2 is 0.927 bits per heavy atom. The van der Waals surface area contributed by atoms with Crippen LogP contribution < -0.4 is 0 Å². The lowest BCUT2D eigenvalue weighted by Crippen LogP contribution is -2.47. The second-order valence-corrected chi connectivity index (χ2v) is 34.0. The number of hydrogen-bond donors (Lipinski definition) is 0. The summed E-state index contributed by atoms with van der Waals surface area (Å²) in [6.07, 6.45) is 30.7. The van der Waals surface area contributed by atoms with E-state index in [2.05, 4.69) is 167 Å². The van der Waals surface area contributed by atoms with E-state index >= 15 is 0 Å². The molecule has 4 heterocycles. The molecule has 4 rings (SSSR count). The topological polar surface area (TPSA) is 88.4 Å². The van der Waals surface area contributed by atoms with E-state index in [1.807, 2.05) is 6.20 Å². The summed E-state index contributed by atoms with van der Waals surface area (Å²) in [5.41, 5.74) is 3.18. The van der Waals surface area contributed by atoms with Gasteiger partial charge in [0.1, 0.15) is 0 Å². The van der Waals surface area contributed by atoms with E-state index in [9.17, 15) is 4.21 Å². The van der Waals surface area contributed by atoms with Crippen molar-refractivity contribution >= 4 is 15.4 Å². The van der Waals surface area contributed by atoms with Gasteiger partial charge in [-0.15, -0.1) is 5.10 Å². The molecule has 0 saturated carbocycles. The minimum atomic E-state index is -1.95. The standard InChI is InChI=1S/C17H35N.C16H33N.C15H29N3O3S.C13H28N2.C9H20O/c1-5-9-16-10-14-18(15-11-16)13-8-6-7-12-17(2,3)4;1-5-15-9-13-17(14-10-15)12-8-6-7-11-16(2,3)4;1-15(2,3)12-14-13-18(17-16-14)6-7-20-8-9-21-10-11-22(4,5)19;1-5-7-14-9-11-15(12-10-14)8-6-13(2,3)4;1-5-7-10-8-6-9(2,3)4/h16H,5-15H2,1-4H3;15H,5-14H2,1-4H3;13H,4,6-12H2,1-3,5H3;5-12H2,1-4H3;5-8H2,1-4H3. The van der Waals surface area contributed by atoms with Crippen molar-refractivity contribution in [3.05, 3.63) is 11.9 Å². The van der Waals surface area contributed by atoms with Crippen LogP contribution in [-0.2, 0) is 36.7 Å². The fourth-order valence-corrected chi connectivity index (χ4v) is 10.8. The summed E-state index contributed by atoms with van der Waals surface area (Å²) >= 11 is 0.